The topological polar surface area (TPSA) is 67.5 Å². The summed E-state index contributed by atoms with van der Waals surface area (Å²) in [7, 11) is -0.388. The molecular formula is C30H39N3O3Si. The zero-order valence-electron chi connectivity index (χ0n) is 22.9. The van der Waals surface area contributed by atoms with Crippen LogP contribution in [0, 0.1) is 17.2 Å². The molecule has 0 radical (unpaired) electrons. The highest BCUT2D eigenvalue weighted by Crippen LogP contribution is 2.44. The highest BCUT2D eigenvalue weighted by atomic mass is 28.4. The lowest BCUT2D eigenvalue weighted by atomic mass is 9.85. The monoisotopic (exact) mass is 517 g/mol. The van der Waals surface area contributed by atoms with Crippen molar-refractivity contribution in [1.82, 2.24) is 9.47 Å². The Bertz CT molecular complexity index is 1270. The fraction of sp³-hybridized carbons (Fsp3) is 0.467. The fourth-order valence-electron chi connectivity index (χ4n) is 5.03. The molecule has 1 fully saturated rings. The summed E-state index contributed by atoms with van der Waals surface area (Å²) in [5.74, 6) is -0.324. The predicted octanol–water partition coefficient (Wildman–Crippen LogP) is 6.81. The first-order valence-corrected chi connectivity index (χ1v) is 15.9. The van der Waals surface area contributed by atoms with Gasteiger partial charge in [-0.25, -0.2) is 0 Å². The van der Waals surface area contributed by atoms with Gasteiger partial charge in [0.05, 0.1) is 36.2 Å². The molecule has 0 bridgehead atoms. The second-order valence-electron chi connectivity index (χ2n) is 11.6. The number of piperidine rings is 1. The SMILES string of the molecule is COCn1cc([C@@H]2C[C@H](C#N)CC(=O)N2[C@@H](CO[Si](C)(C)C(C)(C)C)c2ccccc2)c2ccccc21. The molecule has 7 heteroatoms. The van der Waals surface area contributed by atoms with E-state index in [-0.39, 0.29) is 35.4 Å². The summed E-state index contributed by atoms with van der Waals surface area (Å²) in [6, 6.07) is 20.3. The van der Waals surface area contributed by atoms with Gasteiger partial charge in [-0.05, 0) is 36.2 Å². The van der Waals surface area contributed by atoms with Crippen molar-refractivity contribution in [2.45, 2.75) is 70.6 Å². The molecule has 0 saturated carbocycles. The Kier molecular flexibility index (Phi) is 7.93. The molecule has 2 heterocycles. The van der Waals surface area contributed by atoms with E-state index in [9.17, 15) is 10.1 Å². The average molecular weight is 518 g/mol. The number of carbonyl (C=O) groups is 1. The molecule has 2 aromatic carbocycles. The van der Waals surface area contributed by atoms with Crippen LogP contribution in [0.1, 0.15) is 56.8 Å². The molecule has 1 aliphatic rings. The lowest BCUT2D eigenvalue weighted by molar-refractivity contribution is -0.142. The molecule has 1 saturated heterocycles. The number of rotatable bonds is 8. The van der Waals surface area contributed by atoms with Gasteiger partial charge in [0, 0.05) is 30.7 Å². The average Bonchev–Trinajstić information content (AvgIpc) is 3.23. The van der Waals surface area contributed by atoms with E-state index in [1.54, 1.807) is 7.11 Å². The van der Waals surface area contributed by atoms with Crippen molar-refractivity contribution in [2.24, 2.45) is 5.92 Å². The second kappa shape index (κ2) is 10.8. The van der Waals surface area contributed by atoms with Crippen LogP contribution in [0.4, 0.5) is 0 Å². The molecule has 1 amide bonds. The zero-order chi connectivity index (χ0) is 26.8. The fourth-order valence-corrected chi connectivity index (χ4v) is 6.03. The van der Waals surface area contributed by atoms with Crippen LogP contribution in [0.5, 0.6) is 0 Å². The maximum absolute atomic E-state index is 13.9. The van der Waals surface area contributed by atoms with E-state index >= 15 is 0 Å². The van der Waals surface area contributed by atoms with Crippen molar-refractivity contribution in [3.8, 4) is 6.07 Å². The molecule has 1 aromatic heterocycles. The van der Waals surface area contributed by atoms with Gasteiger partial charge in [0.2, 0.25) is 5.91 Å². The highest BCUT2D eigenvalue weighted by molar-refractivity contribution is 6.74. The van der Waals surface area contributed by atoms with Gasteiger partial charge in [-0.3, -0.25) is 4.79 Å². The summed E-state index contributed by atoms with van der Waals surface area (Å²) in [6.45, 7) is 12.0. The first kappa shape index (κ1) is 27.1. The third-order valence-corrected chi connectivity index (χ3v) is 12.6. The number of methoxy groups -OCH3 is 1. The van der Waals surface area contributed by atoms with Crippen molar-refractivity contribution in [3.05, 3.63) is 71.9 Å². The minimum atomic E-state index is -2.07. The van der Waals surface area contributed by atoms with E-state index in [0.29, 0.717) is 19.8 Å². The Morgan fingerprint density at radius 1 is 1.11 bits per heavy atom. The number of benzene rings is 2. The van der Waals surface area contributed by atoms with Crippen molar-refractivity contribution in [2.75, 3.05) is 13.7 Å². The molecule has 3 aromatic rings. The van der Waals surface area contributed by atoms with Crippen LogP contribution in [0.2, 0.25) is 18.1 Å². The summed E-state index contributed by atoms with van der Waals surface area (Å²) in [6.07, 6.45) is 2.91. The third kappa shape index (κ3) is 5.52. The summed E-state index contributed by atoms with van der Waals surface area (Å²) in [5, 5.41) is 11.0. The van der Waals surface area contributed by atoms with Gasteiger partial charge in [-0.2, -0.15) is 5.26 Å². The number of fused-ring (bicyclic) bond motifs is 1. The number of likely N-dealkylation sites (tertiary alicyclic amines) is 1. The summed E-state index contributed by atoms with van der Waals surface area (Å²) < 4.78 is 14.3. The number of hydrogen-bond donors (Lipinski definition) is 0. The van der Waals surface area contributed by atoms with Gasteiger partial charge < -0.3 is 18.6 Å². The van der Waals surface area contributed by atoms with E-state index in [0.717, 1.165) is 22.0 Å². The van der Waals surface area contributed by atoms with Gasteiger partial charge >= 0.3 is 0 Å². The van der Waals surface area contributed by atoms with Gasteiger partial charge in [-0.1, -0.05) is 69.3 Å². The number of carbonyl (C=O) groups excluding carboxylic acids is 1. The van der Waals surface area contributed by atoms with Crippen LogP contribution in [-0.2, 0) is 20.7 Å². The maximum atomic E-state index is 13.9. The molecule has 3 atom stereocenters. The van der Waals surface area contributed by atoms with Crippen molar-refractivity contribution in [3.63, 3.8) is 0 Å². The molecular weight excluding hydrogens is 478 g/mol. The minimum absolute atomic E-state index is 0.000873. The summed E-state index contributed by atoms with van der Waals surface area (Å²) in [4.78, 5) is 15.9. The van der Waals surface area contributed by atoms with E-state index < -0.39 is 8.32 Å². The Hall–Kier alpha value is -2.92. The molecule has 0 N–H and O–H groups in total. The van der Waals surface area contributed by atoms with Crippen LogP contribution in [-0.4, -0.2) is 37.4 Å². The first-order chi connectivity index (χ1) is 17.6. The number of nitriles is 1. The smallest absolute Gasteiger partial charge is 0.225 e. The standard InChI is InChI=1S/C30H39N3O3Si/c1-30(2,3)37(5,6)36-20-28(23-12-8-7-9-13-23)33-27(16-22(18-31)17-29(33)34)25-19-32(21-35-4)26-15-11-10-14-24(25)26/h7-15,19,22,27-28H,16-17,20-21H2,1-6H3/t22-,27-,28-/m0/s1. The van der Waals surface area contributed by atoms with Crippen molar-refractivity contribution >= 4 is 25.1 Å². The Labute approximate surface area is 221 Å². The number of ether oxygens (including phenoxy) is 1. The van der Waals surface area contributed by atoms with Crippen LogP contribution >= 0.6 is 0 Å². The zero-order valence-corrected chi connectivity index (χ0v) is 23.9. The van der Waals surface area contributed by atoms with E-state index in [1.807, 2.05) is 35.2 Å². The molecule has 0 aliphatic carbocycles. The second-order valence-corrected chi connectivity index (χ2v) is 16.4. The van der Waals surface area contributed by atoms with Crippen molar-refractivity contribution in [1.29, 1.82) is 5.26 Å². The van der Waals surface area contributed by atoms with Crippen LogP contribution in [0.15, 0.2) is 60.8 Å². The number of amides is 1. The molecule has 0 spiro atoms. The lowest BCUT2D eigenvalue weighted by Gasteiger charge is -2.44. The van der Waals surface area contributed by atoms with Gasteiger partial charge in [0.25, 0.3) is 0 Å². The normalized spacial score (nSPS) is 19.7. The molecule has 196 valence electrons. The largest absolute Gasteiger partial charge is 0.414 e. The quantitative estimate of drug-likeness (QED) is 0.308. The maximum Gasteiger partial charge on any atom is 0.225 e. The highest BCUT2D eigenvalue weighted by Gasteiger charge is 2.43. The number of hydrogen-bond acceptors (Lipinski definition) is 4. The van der Waals surface area contributed by atoms with Crippen molar-refractivity contribution < 1.29 is 14.0 Å². The number of para-hydroxylation sites is 1. The van der Waals surface area contributed by atoms with E-state index in [1.165, 1.54) is 0 Å². The number of aromatic nitrogens is 1. The van der Waals surface area contributed by atoms with Crippen LogP contribution in [0.25, 0.3) is 10.9 Å². The number of nitrogens with zero attached hydrogens (tertiary/aromatic N) is 3. The Balaban J connectivity index is 1.83. The Morgan fingerprint density at radius 2 is 1.78 bits per heavy atom. The predicted molar refractivity (Wildman–Crippen MR) is 149 cm³/mol. The summed E-state index contributed by atoms with van der Waals surface area (Å²) in [5.41, 5.74) is 3.16. The lowest BCUT2D eigenvalue weighted by Crippen LogP contribution is -2.47. The summed E-state index contributed by atoms with van der Waals surface area (Å²) >= 11 is 0. The third-order valence-electron chi connectivity index (χ3n) is 8.11. The van der Waals surface area contributed by atoms with Gasteiger partial charge in [0.1, 0.15) is 6.73 Å². The molecule has 4 rings (SSSR count). The van der Waals surface area contributed by atoms with E-state index in [2.05, 4.69) is 75.0 Å². The Morgan fingerprint density at radius 3 is 2.43 bits per heavy atom. The molecule has 0 unspecified atom stereocenters. The van der Waals surface area contributed by atoms with Crippen LogP contribution in [0.3, 0.4) is 0 Å². The molecule has 1 aliphatic heterocycles. The first-order valence-electron chi connectivity index (χ1n) is 13.0. The molecule has 6 nitrogen and oxygen atoms in total. The van der Waals surface area contributed by atoms with Gasteiger partial charge in [-0.15, -0.1) is 0 Å². The minimum Gasteiger partial charge on any atom is -0.414 e. The van der Waals surface area contributed by atoms with E-state index in [4.69, 9.17) is 9.16 Å². The van der Waals surface area contributed by atoms with Gasteiger partial charge in [0.15, 0.2) is 8.32 Å². The van der Waals surface area contributed by atoms with Crippen LogP contribution < -0.4 is 0 Å². The molecule has 37 heavy (non-hydrogen) atoms.